The van der Waals surface area contributed by atoms with Gasteiger partial charge in [0.05, 0.1) is 5.41 Å². The highest BCUT2D eigenvalue weighted by Gasteiger charge is 2.39. The number of aliphatic carboxylic acids is 1. The molecule has 0 aromatic rings. The van der Waals surface area contributed by atoms with E-state index in [1.54, 1.807) is 5.32 Å². The predicted molar refractivity (Wildman–Crippen MR) is 69.8 cm³/mol. The zero-order chi connectivity index (χ0) is 16.8. The van der Waals surface area contributed by atoms with E-state index in [1.807, 2.05) is 0 Å². The molecule has 0 bridgehead atoms. The van der Waals surface area contributed by atoms with Crippen LogP contribution in [0.2, 0.25) is 0 Å². The second-order valence-corrected chi connectivity index (χ2v) is 5.49. The van der Waals surface area contributed by atoms with Crippen LogP contribution < -0.4 is 10.6 Å². The lowest BCUT2D eigenvalue weighted by Crippen LogP contribution is -2.45. The van der Waals surface area contributed by atoms with Crippen LogP contribution in [0.5, 0.6) is 0 Å². The van der Waals surface area contributed by atoms with Crippen molar-refractivity contribution in [3.05, 3.63) is 0 Å². The van der Waals surface area contributed by atoms with Crippen molar-refractivity contribution < 1.29 is 32.7 Å². The maximum Gasteiger partial charge on any atom is 0.405 e. The highest BCUT2D eigenvalue weighted by Crippen LogP contribution is 2.35. The normalized spacial score (nSPS) is 17.6. The van der Waals surface area contributed by atoms with Crippen molar-refractivity contribution in [2.75, 3.05) is 13.1 Å². The van der Waals surface area contributed by atoms with Gasteiger partial charge in [-0.1, -0.05) is 19.3 Å². The lowest BCUT2D eigenvalue weighted by molar-refractivity contribution is -0.151. The number of carboxylic acid groups (broad SMARTS) is 1. The molecule has 9 heteroatoms. The summed E-state index contributed by atoms with van der Waals surface area (Å²) < 4.78 is 35.7. The minimum Gasteiger partial charge on any atom is -0.481 e. The van der Waals surface area contributed by atoms with E-state index in [0.29, 0.717) is 12.8 Å². The largest absolute Gasteiger partial charge is 0.481 e. The molecule has 1 fully saturated rings. The fourth-order valence-corrected chi connectivity index (χ4v) is 2.43. The molecular weight excluding hydrogens is 305 g/mol. The molecule has 1 aliphatic carbocycles. The number of carbonyl (C=O) groups is 3. The van der Waals surface area contributed by atoms with Gasteiger partial charge in [-0.25, -0.2) is 0 Å². The highest BCUT2D eigenvalue weighted by atomic mass is 19.4. The average Bonchev–Trinajstić information content (AvgIpc) is 2.43. The maximum absolute atomic E-state index is 11.9. The van der Waals surface area contributed by atoms with E-state index in [2.05, 4.69) is 5.32 Å². The lowest BCUT2D eigenvalue weighted by atomic mass is 9.74. The Labute approximate surface area is 125 Å². The first-order chi connectivity index (χ1) is 10.1. The van der Waals surface area contributed by atoms with Crippen LogP contribution >= 0.6 is 0 Å². The van der Waals surface area contributed by atoms with Crippen molar-refractivity contribution in [3.63, 3.8) is 0 Å². The van der Waals surface area contributed by atoms with Gasteiger partial charge in [0.1, 0.15) is 13.0 Å². The Morgan fingerprint density at radius 3 is 2.05 bits per heavy atom. The van der Waals surface area contributed by atoms with Crippen LogP contribution in [0.3, 0.4) is 0 Å². The molecule has 0 heterocycles. The zero-order valence-corrected chi connectivity index (χ0v) is 12.0. The van der Waals surface area contributed by atoms with E-state index in [-0.39, 0.29) is 6.54 Å². The number of hydrogen-bond donors (Lipinski definition) is 3. The smallest absolute Gasteiger partial charge is 0.405 e. The Bertz CT molecular complexity index is 431. The standard InChI is InChI=1S/C13H19F3N2O4/c14-13(15,16)8-18-10(20)6-9(19)17-7-12(11(21)22)4-2-1-3-5-12/h1-8H2,(H,17,19)(H,18,20)(H,21,22). The van der Waals surface area contributed by atoms with E-state index in [1.165, 1.54) is 0 Å². The third-order valence-corrected chi connectivity index (χ3v) is 3.70. The monoisotopic (exact) mass is 324 g/mol. The van der Waals surface area contributed by atoms with Gasteiger partial charge in [0.15, 0.2) is 0 Å². The van der Waals surface area contributed by atoms with Crippen LogP contribution in [0.25, 0.3) is 0 Å². The average molecular weight is 324 g/mol. The Balaban J connectivity index is 2.41. The number of carboxylic acids is 1. The number of nitrogens with one attached hydrogen (secondary N) is 2. The molecule has 126 valence electrons. The van der Waals surface area contributed by atoms with Gasteiger partial charge >= 0.3 is 12.1 Å². The molecule has 0 aromatic carbocycles. The van der Waals surface area contributed by atoms with Gasteiger partial charge in [-0.2, -0.15) is 13.2 Å². The third kappa shape index (κ3) is 5.90. The summed E-state index contributed by atoms with van der Waals surface area (Å²) in [4.78, 5) is 34.1. The summed E-state index contributed by atoms with van der Waals surface area (Å²) in [6.07, 6.45) is -2.01. The fourth-order valence-electron chi connectivity index (χ4n) is 2.43. The molecule has 0 spiro atoms. The molecular formula is C13H19F3N2O4. The summed E-state index contributed by atoms with van der Waals surface area (Å²) in [5.74, 6) is -2.84. The van der Waals surface area contributed by atoms with Crippen molar-refractivity contribution in [1.82, 2.24) is 10.6 Å². The number of amides is 2. The molecule has 22 heavy (non-hydrogen) atoms. The van der Waals surface area contributed by atoms with E-state index >= 15 is 0 Å². The summed E-state index contributed by atoms with van der Waals surface area (Å²) in [6, 6.07) is 0. The molecule has 0 unspecified atom stereocenters. The summed E-state index contributed by atoms with van der Waals surface area (Å²) in [7, 11) is 0. The molecule has 0 saturated heterocycles. The second-order valence-electron chi connectivity index (χ2n) is 5.49. The first-order valence-electron chi connectivity index (χ1n) is 6.98. The summed E-state index contributed by atoms with van der Waals surface area (Å²) in [6.45, 7) is -1.62. The fraction of sp³-hybridized carbons (Fsp3) is 0.769. The molecule has 0 atom stereocenters. The number of hydrogen-bond acceptors (Lipinski definition) is 3. The summed E-state index contributed by atoms with van der Waals surface area (Å²) >= 11 is 0. The molecule has 0 aliphatic heterocycles. The van der Waals surface area contributed by atoms with Crippen LogP contribution in [-0.2, 0) is 14.4 Å². The van der Waals surface area contributed by atoms with Gasteiger partial charge in [0.2, 0.25) is 11.8 Å². The summed E-state index contributed by atoms with van der Waals surface area (Å²) in [5.41, 5.74) is -1.05. The Morgan fingerprint density at radius 2 is 1.55 bits per heavy atom. The first kappa shape index (κ1) is 18.2. The Morgan fingerprint density at radius 1 is 1.00 bits per heavy atom. The second kappa shape index (κ2) is 7.46. The van der Waals surface area contributed by atoms with Crippen LogP contribution in [0.15, 0.2) is 0 Å². The summed E-state index contributed by atoms with van der Waals surface area (Å²) in [5, 5.41) is 13.2. The van der Waals surface area contributed by atoms with Gasteiger partial charge < -0.3 is 15.7 Å². The van der Waals surface area contributed by atoms with E-state index in [9.17, 15) is 32.7 Å². The van der Waals surface area contributed by atoms with Crippen molar-refractivity contribution in [2.24, 2.45) is 5.41 Å². The van der Waals surface area contributed by atoms with Gasteiger partial charge in [0, 0.05) is 6.54 Å². The molecule has 1 aliphatic rings. The van der Waals surface area contributed by atoms with Gasteiger partial charge in [-0.15, -0.1) is 0 Å². The third-order valence-electron chi connectivity index (χ3n) is 3.70. The van der Waals surface area contributed by atoms with Gasteiger partial charge in [0.25, 0.3) is 0 Å². The quantitative estimate of drug-likeness (QED) is 0.640. The van der Waals surface area contributed by atoms with Crippen LogP contribution in [0, 0.1) is 5.41 Å². The van der Waals surface area contributed by atoms with Crippen LogP contribution in [-0.4, -0.2) is 42.2 Å². The topological polar surface area (TPSA) is 95.5 Å². The lowest BCUT2D eigenvalue weighted by Gasteiger charge is -2.33. The SMILES string of the molecule is O=C(CC(=O)NCC1(C(=O)O)CCCCC1)NCC(F)(F)F. The predicted octanol–water partition coefficient (Wildman–Crippen LogP) is 1.21. The van der Waals surface area contributed by atoms with E-state index in [0.717, 1.165) is 19.3 Å². The number of alkyl halides is 3. The molecule has 1 saturated carbocycles. The molecule has 2 amide bonds. The minimum atomic E-state index is -4.54. The number of carbonyl (C=O) groups excluding carboxylic acids is 2. The van der Waals surface area contributed by atoms with E-state index in [4.69, 9.17) is 0 Å². The van der Waals surface area contributed by atoms with Gasteiger partial charge in [-0.3, -0.25) is 14.4 Å². The number of halogens is 3. The van der Waals surface area contributed by atoms with Crippen LogP contribution in [0.4, 0.5) is 13.2 Å². The Kier molecular flexibility index (Phi) is 6.19. The maximum atomic E-state index is 11.9. The molecule has 6 nitrogen and oxygen atoms in total. The first-order valence-corrected chi connectivity index (χ1v) is 6.98. The van der Waals surface area contributed by atoms with Crippen LogP contribution in [0.1, 0.15) is 38.5 Å². The molecule has 3 N–H and O–H groups in total. The van der Waals surface area contributed by atoms with Crippen molar-refractivity contribution in [3.8, 4) is 0 Å². The van der Waals surface area contributed by atoms with Crippen molar-refractivity contribution in [1.29, 1.82) is 0 Å². The van der Waals surface area contributed by atoms with Gasteiger partial charge in [-0.05, 0) is 12.8 Å². The molecule has 0 aromatic heterocycles. The Hall–Kier alpha value is -1.80. The highest BCUT2D eigenvalue weighted by molar-refractivity contribution is 5.97. The minimum absolute atomic E-state index is 0.117. The molecule has 1 rings (SSSR count). The van der Waals surface area contributed by atoms with Crippen molar-refractivity contribution in [2.45, 2.75) is 44.7 Å². The van der Waals surface area contributed by atoms with Crippen molar-refractivity contribution >= 4 is 17.8 Å². The van der Waals surface area contributed by atoms with E-state index < -0.39 is 42.3 Å². The molecule has 0 radical (unpaired) electrons. The number of rotatable bonds is 6. The zero-order valence-electron chi connectivity index (χ0n) is 12.0.